The van der Waals surface area contributed by atoms with E-state index in [1.807, 2.05) is 0 Å². The number of rotatable bonds is 12. The number of fused-ring (bicyclic) bond motifs is 1. The van der Waals surface area contributed by atoms with Gasteiger partial charge in [0.15, 0.2) is 17.1 Å². The predicted molar refractivity (Wildman–Crippen MR) is 177 cm³/mol. The average molecular weight is 718 g/mol. The van der Waals surface area contributed by atoms with E-state index in [1.165, 1.54) is 18.9 Å². The zero-order valence-corrected chi connectivity index (χ0v) is 28.7. The van der Waals surface area contributed by atoms with Gasteiger partial charge in [-0.1, -0.05) is 24.3 Å². The maximum atomic E-state index is 14.5. The van der Waals surface area contributed by atoms with Gasteiger partial charge in [0.1, 0.15) is 29.0 Å². The molecular formula is C33H38F2N5O9P. The molecule has 2 aliphatic rings. The van der Waals surface area contributed by atoms with E-state index in [1.54, 1.807) is 49.2 Å². The van der Waals surface area contributed by atoms with Crippen LogP contribution in [0.3, 0.4) is 0 Å². The van der Waals surface area contributed by atoms with E-state index in [-0.39, 0.29) is 43.7 Å². The molecule has 2 aliphatic heterocycles. The van der Waals surface area contributed by atoms with E-state index in [2.05, 4.69) is 10.4 Å². The minimum Gasteiger partial charge on any atom is -0.502 e. The smallest absolute Gasteiger partial charge is 0.323 e. The first-order valence-electron chi connectivity index (χ1n) is 15.8. The normalized spacial score (nSPS) is 18.9. The van der Waals surface area contributed by atoms with Crippen LogP contribution >= 0.6 is 7.52 Å². The van der Waals surface area contributed by atoms with Crippen LogP contribution in [-0.4, -0.2) is 83.2 Å². The lowest BCUT2D eigenvalue weighted by Crippen LogP contribution is -2.70. The van der Waals surface area contributed by atoms with Crippen LogP contribution in [0.4, 0.5) is 8.78 Å². The van der Waals surface area contributed by atoms with Crippen molar-refractivity contribution in [2.24, 2.45) is 0 Å². The Hall–Kier alpha value is -4.79. The molecule has 1 fully saturated rings. The zero-order valence-electron chi connectivity index (χ0n) is 27.9. The van der Waals surface area contributed by atoms with Crippen molar-refractivity contribution in [3.05, 3.63) is 93.4 Å². The Morgan fingerprint density at radius 2 is 1.84 bits per heavy atom. The fourth-order valence-electron chi connectivity index (χ4n) is 5.82. The summed E-state index contributed by atoms with van der Waals surface area (Å²) in [4.78, 5) is 54.3. The van der Waals surface area contributed by atoms with Crippen molar-refractivity contribution in [2.45, 2.75) is 51.5 Å². The van der Waals surface area contributed by atoms with Crippen LogP contribution in [0.15, 0.2) is 59.5 Å². The Morgan fingerprint density at radius 1 is 1.12 bits per heavy atom. The first kappa shape index (κ1) is 36.5. The van der Waals surface area contributed by atoms with E-state index < -0.39 is 83.7 Å². The summed E-state index contributed by atoms with van der Waals surface area (Å²) in [6.45, 7) is 4.43. The van der Waals surface area contributed by atoms with Gasteiger partial charge in [0, 0.05) is 44.4 Å². The minimum absolute atomic E-state index is 0.0265. The van der Waals surface area contributed by atoms with Crippen LogP contribution in [0.5, 0.6) is 11.5 Å². The van der Waals surface area contributed by atoms with Crippen molar-refractivity contribution in [3.63, 3.8) is 0 Å². The van der Waals surface area contributed by atoms with Crippen molar-refractivity contribution in [2.75, 3.05) is 38.0 Å². The molecule has 1 saturated heterocycles. The number of carbonyl (C=O) groups excluding carboxylic acids is 3. The fourth-order valence-corrected chi connectivity index (χ4v) is 7.71. The van der Waals surface area contributed by atoms with Gasteiger partial charge in [-0.3, -0.25) is 33.4 Å². The highest BCUT2D eigenvalue weighted by Crippen LogP contribution is 2.45. The summed E-state index contributed by atoms with van der Waals surface area (Å²) < 4.78 is 60.3. The Bertz CT molecular complexity index is 1880. The molecule has 1 aromatic heterocycles. The van der Waals surface area contributed by atoms with Crippen molar-refractivity contribution in [3.8, 4) is 11.5 Å². The number of halogens is 2. The van der Waals surface area contributed by atoms with E-state index in [4.69, 9.17) is 14.0 Å². The molecule has 268 valence electrons. The summed E-state index contributed by atoms with van der Waals surface area (Å²) in [5, 5.41) is 17.8. The first-order valence-corrected chi connectivity index (χ1v) is 17.6. The van der Waals surface area contributed by atoms with Crippen molar-refractivity contribution in [1.82, 2.24) is 20.0 Å². The monoisotopic (exact) mass is 717 g/mol. The quantitative estimate of drug-likeness (QED) is 0.186. The molecule has 0 aliphatic carbocycles. The number of hydrogen-bond acceptors (Lipinski definition) is 10. The SMILES string of the molecule is CC(C)OC(=O)[C@H](C)NP(=O)(CCN1n2cc(C(=O)NCc3ccc(F)cc3F)c(=O)c(O)c2C(=O)N(C)[C@]12CCOC2)Oc1ccccc1. The predicted octanol–water partition coefficient (Wildman–Crippen LogP) is 3.10. The molecule has 3 atom stereocenters. The molecule has 0 saturated carbocycles. The molecule has 1 unspecified atom stereocenters. The summed E-state index contributed by atoms with van der Waals surface area (Å²) >= 11 is 0. The van der Waals surface area contributed by atoms with Gasteiger partial charge in [0.25, 0.3) is 11.8 Å². The molecule has 2 amide bonds. The topological polar surface area (TPSA) is 169 Å². The van der Waals surface area contributed by atoms with Gasteiger partial charge in [-0.2, -0.15) is 0 Å². The largest absolute Gasteiger partial charge is 0.502 e. The molecule has 0 radical (unpaired) electrons. The van der Waals surface area contributed by atoms with E-state index in [9.17, 15) is 37.6 Å². The van der Waals surface area contributed by atoms with E-state index in [0.29, 0.717) is 6.07 Å². The van der Waals surface area contributed by atoms with Gasteiger partial charge in [-0.05, 0) is 39.0 Å². The van der Waals surface area contributed by atoms with Gasteiger partial charge in [0.05, 0.1) is 25.5 Å². The van der Waals surface area contributed by atoms with Gasteiger partial charge in [-0.25, -0.2) is 13.9 Å². The summed E-state index contributed by atoms with van der Waals surface area (Å²) in [7, 11) is -2.52. The second kappa shape index (κ2) is 14.6. The number of likely N-dealkylation sites (N-methyl/N-ethyl adjacent to an activating group) is 1. The summed E-state index contributed by atoms with van der Waals surface area (Å²) in [6.07, 6.45) is 0.597. The standard InChI is InChI=1S/C33H38F2N5O9P/c1-20(2)48-32(45)21(3)37-50(46,49-24-8-6-5-7-9-24)15-13-40-33(12-14-47-19-33)38(4)31(44)27-29(42)28(41)25(18-39(27)40)30(43)36-17-22-10-11-23(34)16-26(22)35/h5-11,16,18,20-21,42H,12-15,17,19H2,1-4H3,(H,36,43)(H,37,46)/t21-,33+,50?/m0/s1. The molecule has 5 rings (SSSR count). The number of nitrogens with zero attached hydrogens (tertiary/aromatic N) is 3. The van der Waals surface area contributed by atoms with Gasteiger partial charge in [-0.15, -0.1) is 0 Å². The third kappa shape index (κ3) is 7.37. The summed E-state index contributed by atoms with van der Waals surface area (Å²) in [5.74, 6) is -4.92. The summed E-state index contributed by atoms with van der Waals surface area (Å²) in [6, 6.07) is 10.0. The number of carbonyl (C=O) groups is 3. The zero-order chi connectivity index (χ0) is 36.4. The molecule has 2 aromatic carbocycles. The van der Waals surface area contributed by atoms with E-state index >= 15 is 0 Å². The lowest BCUT2D eigenvalue weighted by atomic mass is 10.0. The van der Waals surface area contributed by atoms with Gasteiger partial charge >= 0.3 is 13.5 Å². The Morgan fingerprint density at radius 3 is 2.48 bits per heavy atom. The van der Waals surface area contributed by atoms with Crippen LogP contribution in [0.1, 0.15) is 53.6 Å². The second-order valence-corrected chi connectivity index (χ2v) is 14.5. The van der Waals surface area contributed by atoms with Crippen molar-refractivity contribution >= 4 is 25.3 Å². The third-order valence-corrected chi connectivity index (χ3v) is 10.5. The van der Waals surface area contributed by atoms with Crippen LogP contribution in [-0.2, 0) is 25.4 Å². The van der Waals surface area contributed by atoms with Gasteiger partial charge < -0.3 is 29.3 Å². The number of ether oxygens (including phenoxy) is 2. The number of benzene rings is 2. The number of pyridine rings is 1. The highest BCUT2D eigenvalue weighted by atomic mass is 31.2. The minimum atomic E-state index is -3.99. The van der Waals surface area contributed by atoms with E-state index in [0.717, 1.165) is 23.0 Å². The number of esters is 1. The second-order valence-electron chi connectivity index (χ2n) is 12.2. The number of nitrogens with one attached hydrogen (secondary N) is 2. The molecule has 3 N–H and O–H groups in total. The van der Waals surface area contributed by atoms with Crippen molar-refractivity contribution in [1.29, 1.82) is 0 Å². The molecule has 0 bridgehead atoms. The fraction of sp³-hybridized carbons (Fsp3) is 0.394. The lowest BCUT2D eigenvalue weighted by molar-refractivity contribution is -0.149. The third-order valence-electron chi connectivity index (χ3n) is 8.41. The molecule has 1 spiro atoms. The number of hydrogen-bond donors (Lipinski definition) is 3. The van der Waals surface area contributed by atoms with Crippen molar-refractivity contribution < 1.29 is 46.8 Å². The molecule has 3 aromatic rings. The van der Waals surface area contributed by atoms with Crippen LogP contribution in [0.25, 0.3) is 0 Å². The highest BCUT2D eigenvalue weighted by Gasteiger charge is 2.53. The molecular weight excluding hydrogens is 679 g/mol. The Labute approximate surface area is 286 Å². The van der Waals surface area contributed by atoms with Gasteiger partial charge in [0.2, 0.25) is 5.43 Å². The molecule has 17 heteroatoms. The number of aromatic hydroxyl groups is 1. The molecule has 3 heterocycles. The number of aromatic nitrogens is 1. The molecule has 50 heavy (non-hydrogen) atoms. The summed E-state index contributed by atoms with van der Waals surface area (Å²) in [5.41, 5.74) is -3.49. The Balaban J connectivity index is 1.53. The van der Waals surface area contributed by atoms with Crippen LogP contribution in [0, 0.1) is 11.6 Å². The van der Waals surface area contributed by atoms with Crippen LogP contribution < -0.4 is 25.4 Å². The number of para-hydroxylation sites is 1. The van der Waals surface area contributed by atoms with Crippen LogP contribution in [0.2, 0.25) is 0 Å². The lowest BCUT2D eigenvalue weighted by Gasteiger charge is -2.52. The number of amides is 2. The molecule has 14 nitrogen and oxygen atoms in total. The maximum Gasteiger partial charge on any atom is 0.323 e. The maximum absolute atomic E-state index is 14.5. The highest BCUT2D eigenvalue weighted by molar-refractivity contribution is 7.57. The average Bonchev–Trinajstić information content (AvgIpc) is 3.55. The first-order chi connectivity index (χ1) is 23.7. The Kier molecular flexibility index (Phi) is 10.6.